The summed E-state index contributed by atoms with van der Waals surface area (Å²) in [6.07, 6.45) is 0.638. The number of halogens is 1. The number of aliphatic imine (C=N–C) groups is 1. The average molecular weight is 196 g/mol. The van der Waals surface area contributed by atoms with Crippen molar-refractivity contribution in [2.24, 2.45) is 10.7 Å². The zero-order chi connectivity index (χ0) is 10.6. The number of hydrogen-bond donors (Lipinski definition) is 1. The minimum Gasteiger partial charge on any atom is -0.497 e. The van der Waals surface area contributed by atoms with Gasteiger partial charge in [-0.1, -0.05) is 6.92 Å². The Labute approximate surface area is 82.4 Å². The van der Waals surface area contributed by atoms with Crippen LogP contribution in [0.5, 0.6) is 5.75 Å². The van der Waals surface area contributed by atoms with E-state index in [0.29, 0.717) is 23.7 Å². The van der Waals surface area contributed by atoms with Gasteiger partial charge in [-0.25, -0.2) is 9.38 Å². The zero-order valence-corrected chi connectivity index (χ0v) is 8.25. The molecule has 0 aromatic heterocycles. The molecule has 0 radical (unpaired) electrons. The molecule has 0 atom stereocenters. The van der Waals surface area contributed by atoms with Crippen molar-refractivity contribution in [3.8, 4) is 5.75 Å². The predicted molar refractivity (Wildman–Crippen MR) is 54.5 cm³/mol. The van der Waals surface area contributed by atoms with Crippen LogP contribution in [0.4, 0.5) is 10.1 Å². The molecule has 0 heterocycles. The van der Waals surface area contributed by atoms with Crippen molar-refractivity contribution in [3.63, 3.8) is 0 Å². The molecule has 0 unspecified atom stereocenters. The quantitative estimate of drug-likeness (QED) is 0.595. The molecule has 0 aliphatic carbocycles. The molecule has 1 rings (SSSR count). The summed E-state index contributed by atoms with van der Waals surface area (Å²) in [5.74, 6) is 0.525. The van der Waals surface area contributed by atoms with Crippen LogP contribution in [-0.2, 0) is 0 Å². The van der Waals surface area contributed by atoms with E-state index < -0.39 is 0 Å². The van der Waals surface area contributed by atoms with Gasteiger partial charge in [-0.15, -0.1) is 0 Å². The first-order chi connectivity index (χ1) is 6.65. The van der Waals surface area contributed by atoms with Crippen molar-refractivity contribution >= 4 is 11.5 Å². The van der Waals surface area contributed by atoms with Gasteiger partial charge in [-0.3, -0.25) is 0 Å². The molecule has 0 spiro atoms. The lowest BCUT2D eigenvalue weighted by molar-refractivity contribution is 0.411. The number of rotatable bonds is 3. The lowest BCUT2D eigenvalue weighted by Gasteiger charge is -2.02. The molecule has 0 aliphatic heterocycles. The number of methoxy groups -OCH3 is 1. The molecule has 76 valence electrons. The van der Waals surface area contributed by atoms with Crippen molar-refractivity contribution in [2.75, 3.05) is 7.11 Å². The second-order valence-corrected chi connectivity index (χ2v) is 2.81. The van der Waals surface area contributed by atoms with E-state index >= 15 is 0 Å². The minimum absolute atomic E-state index is 0.382. The Kier molecular flexibility index (Phi) is 3.45. The Bertz CT molecular complexity index is 350. The molecule has 0 saturated carbocycles. The third kappa shape index (κ3) is 2.73. The lowest BCUT2D eigenvalue weighted by atomic mass is 10.3. The molecule has 4 heteroatoms. The van der Waals surface area contributed by atoms with Crippen molar-refractivity contribution in [2.45, 2.75) is 13.3 Å². The van der Waals surface area contributed by atoms with Gasteiger partial charge in [0, 0.05) is 18.6 Å². The minimum atomic E-state index is -0.382. The highest BCUT2D eigenvalue weighted by molar-refractivity contribution is 5.82. The number of ether oxygens (including phenoxy) is 1. The highest BCUT2D eigenvalue weighted by Crippen LogP contribution is 2.22. The van der Waals surface area contributed by atoms with E-state index in [-0.39, 0.29) is 5.82 Å². The van der Waals surface area contributed by atoms with Crippen LogP contribution in [0, 0.1) is 5.82 Å². The molecule has 0 bridgehead atoms. The maximum atomic E-state index is 13.0. The van der Waals surface area contributed by atoms with E-state index in [0.717, 1.165) is 0 Å². The number of nitrogens with zero attached hydrogens (tertiary/aromatic N) is 1. The molecule has 0 saturated heterocycles. The molecule has 14 heavy (non-hydrogen) atoms. The van der Waals surface area contributed by atoms with Crippen LogP contribution in [0.25, 0.3) is 0 Å². The topological polar surface area (TPSA) is 47.6 Å². The summed E-state index contributed by atoms with van der Waals surface area (Å²) in [6.45, 7) is 1.88. The van der Waals surface area contributed by atoms with Crippen LogP contribution in [0.15, 0.2) is 23.2 Å². The van der Waals surface area contributed by atoms with Gasteiger partial charge in [-0.05, 0) is 6.07 Å². The Morgan fingerprint density at radius 3 is 2.79 bits per heavy atom. The Morgan fingerprint density at radius 2 is 2.21 bits per heavy atom. The summed E-state index contributed by atoms with van der Waals surface area (Å²) in [5, 5.41) is 0. The smallest absolute Gasteiger partial charge is 0.129 e. The summed E-state index contributed by atoms with van der Waals surface area (Å²) in [6, 6.07) is 4.23. The van der Waals surface area contributed by atoms with Crippen LogP contribution in [0.3, 0.4) is 0 Å². The van der Waals surface area contributed by atoms with Crippen molar-refractivity contribution < 1.29 is 9.13 Å². The van der Waals surface area contributed by atoms with Gasteiger partial charge in [0.05, 0.1) is 18.6 Å². The van der Waals surface area contributed by atoms with Gasteiger partial charge in [0.25, 0.3) is 0 Å². The van der Waals surface area contributed by atoms with Crippen LogP contribution in [0.1, 0.15) is 13.3 Å². The Morgan fingerprint density at radius 1 is 1.50 bits per heavy atom. The van der Waals surface area contributed by atoms with Crippen LogP contribution >= 0.6 is 0 Å². The molecule has 0 fully saturated rings. The summed E-state index contributed by atoms with van der Waals surface area (Å²) in [7, 11) is 1.48. The van der Waals surface area contributed by atoms with Crippen LogP contribution < -0.4 is 10.5 Å². The largest absolute Gasteiger partial charge is 0.497 e. The lowest BCUT2D eigenvalue weighted by Crippen LogP contribution is -2.08. The number of nitrogens with two attached hydrogens (primary N) is 1. The summed E-state index contributed by atoms with van der Waals surface area (Å²) < 4.78 is 17.9. The summed E-state index contributed by atoms with van der Waals surface area (Å²) in [5.41, 5.74) is 6.01. The number of amidine groups is 1. The molecular weight excluding hydrogens is 183 g/mol. The van der Waals surface area contributed by atoms with Crippen molar-refractivity contribution in [3.05, 3.63) is 24.0 Å². The third-order valence-electron chi connectivity index (χ3n) is 1.73. The van der Waals surface area contributed by atoms with Gasteiger partial charge >= 0.3 is 0 Å². The SMILES string of the molecule is CCC(N)=Nc1cc(F)cc(OC)c1. The Balaban J connectivity index is 3.03. The fourth-order valence-corrected chi connectivity index (χ4v) is 0.975. The van der Waals surface area contributed by atoms with E-state index in [9.17, 15) is 4.39 Å². The molecule has 1 aromatic carbocycles. The van der Waals surface area contributed by atoms with Crippen LogP contribution in [0.2, 0.25) is 0 Å². The second-order valence-electron chi connectivity index (χ2n) is 2.81. The first-order valence-electron chi connectivity index (χ1n) is 4.33. The van der Waals surface area contributed by atoms with E-state index in [1.807, 2.05) is 6.92 Å². The molecule has 2 N–H and O–H groups in total. The molecular formula is C10H13FN2O. The second kappa shape index (κ2) is 4.60. The highest BCUT2D eigenvalue weighted by atomic mass is 19.1. The molecule has 0 aliphatic rings. The fourth-order valence-electron chi connectivity index (χ4n) is 0.975. The zero-order valence-electron chi connectivity index (χ0n) is 8.25. The van der Waals surface area contributed by atoms with Crippen molar-refractivity contribution in [1.29, 1.82) is 0 Å². The first kappa shape index (κ1) is 10.5. The van der Waals surface area contributed by atoms with E-state index in [2.05, 4.69) is 4.99 Å². The number of hydrogen-bond acceptors (Lipinski definition) is 2. The van der Waals surface area contributed by atoms with Crippen molar-refractivity contribution in [1.82, 2.24) is 0 Å². The monoisotopic (exact) mass is 196 g/mol. The maximum absolute atomic E-state index is 13.0. The van der Waals surface area contributed by atoms with Crippen LogP contribution in [-0.4, -0.2) is 12.9 Å². The van der Waals surface area contributed by atoms with Gasteiger partial charge in [-0.2, -0.15) is 0 Å². The fraction of sp³-hybridized carbons (Fsp3) is 0.300. The van der Waals surface area contributed by atoms with E-state index in [4.69, 9.17) is 10.5 Å². The summed E-state index contributed by atoms with van der Waals surface area (Å²) in [4.78, 5) is 4.02. The summed E-state index contributed by atoms with van der Waals surface area (Å²) >= 11 is 0. The molecule has 0 amide bonds. The maximum Gasteiger partial charge on any atom is 0.129 e. The van der Waals surface area contributed by atoms with Gasteiger partial charge in [0.2, 0.25) is 0 Å². The van der Waals surface area contributed by atoms with Gasteiger partial charge in [0.15, 0.2) is 0 Å². The predicted octanol–water partition coefficient (Wildman–Crippen LogP) is 2.23. The molecule has 3 nitrogen and oxygen atoms in total. The third-order valence-corrected chi connectivity index (χ3v) is 1.73. The standard InChI is InChI=1S/C10H13FN2O/c1-3-10(12)13-8-4-7(11)5-9(6-8)14-2/h4-6H,3H2,1-2H3,(H2,12,13). The normalized spacial score (nSPS) is 11.5. The van der Waals surface area contributed by atoms with Gasteiger partial charge in [0.1, 0.15) is 11.6 Å². The first-order valence-corrected chi connectivity index (χ1v) is 4.33. The molecule has 1 aromatic rings. The number of benzene rings is 1. The highest BCUT2D eigenvalue weighted by Gasteiger charge is 2.00. The Hall–Kier alpha value is -1.58. The van der Waals surface area contributed by atoms with E-state index in [1.165, 1.54) is 19.2 Å². The average Bonchev–Trinajstić information content (AvgIpc) is 2.16. The van der Waals surface area contributed by atoms with Gasteiger partial charge < -0.3 is 10.5 Å². The van der Waals surface area contributed by atoms with E-state index in [1.54, 1.807) is 6.07 Å².